The monoisotopic (exact) mass is 407 g/mol. The fourth-order valence-corrected chi connectivity index (χ4v) is 2.28. The van der Waals surface area contributed by atoms with Crippen LogP contribution in [0.3, 0.4) is 0 Å². The first-order valence-electron chi connectivity index (χ1n) is 8.79. The van der Waals surface area contributed by atoms with Gasteiger partial charge in [0.15, 0.2) is 11.5 Å². The number of aryl methyl sites for hydroxylation is 1. The van der Waals surface area contributed by atoms with E-state index in [0.29, 0.717) is 17.7 Å². The molecule has 2 N–H and O–H groups in total. The highest BCUT2D eigenvalue weighted by atomic mass is 35.5. The lowest BCUT2D eigenvalue weighted by Crippen LogP contribution is -2.18. The number of esters is 2. The van der Waals surface area contributed by atoms with Crippen molar-refractivity contribution in [3.63, 3.8) is 0 Å². The van der Waals surface area contributed by atoms with Gasteiger partial charge in [0.25, 0.3) is 0 Å². The average molecular weight is 408 g/mol. The third-order valence-corrected chi connectivity index (χ3v) is 3.92. The van der Waals surface area contributed by atoms with E-state index < -0.39 is 18.0 Å². The zero-order valence-corrected chi connectivity index (χ0v) is 17.2. The summed E-state index contributed by atoms with van der Waals surface area (Å²) in [7, 11) is 1.72. The molecule has 0 heterocycles. The van der Waals surface area contributed by atoms with Gasteiger partial charge in [-0.1, -0.05) is 37.6 Å². The number of carbonyl (C=O) groups is 2. The van der Waals surface area contributed by atoms with Gasteiger partial charge in [0, 0.05) is 6.54 Å². The molecule has 0 amide bonds. The molecule has 0 aliphatic carbocycles. The van der Waals surface area contributed by atoms with Crippen LogP contribution in [0.1, 0.15) is 41.4 Å². The molecule has 0 spiro atoms. The number of likely N-dealkylation sites (N-methyl/N-ethyl adjacent to an activating group) is 1. The maximum Gasteiger partial charge on any atom is 0.343 e. The highest BCUT2D eigenvalue weighted by Gasteiger charge is 2.19. The molecule has 2 rings (SSSR count). The summed E-state index contributed by atoms with van der Waals surface area (Å²) < 4.78 is 10.8. The first-order chi connectivity index (χ1) is 12.8. The summed E-state index contributed by atoms with van der Waals surface area (Å²) >= 11 is 0. The molecule has 0 bridgehead atoms. The van der Waals surface area contributed by atoms with Gasteiger partial charge < -0.3 is 19.9 Å². The van der Waals surface area contributed by atoms with Crippen LogP contribution in [0.25, 0.3) is 0 Å². The Morgan fingerprint density at radius 1 is 1.04 bits per heavy atom. The predicted octanol–water partition coefficient (Wildman–Crippen LogP) is 3.45. The number of hydrogen-bond acceptors (Lipinski definition) is 6. The molecule has 0 aromatic heterocycles. The van der Waals surface area contributed by atoms with Gasteiger partial charge in [-0.25, -0.2) is 4.79 Å². The Balaban J connectivity index is 0.00000392. The molecule has 1 unspecified atom stereocenters. The summed E-state index contributed by atoms with van der Waals surface area (Å²) in [6.45, 7) is 5.68. The van der Waals surface area contributed by atoms with E-state index >= 15 is 0 Å². The first-order valence-corrected chi connectivity index (χ1v) is 8.79. The SMILES string of the molecule is CNCC(O)c1ccc(OC(=O)C(C)C)c(OC(=O)c2ccc(C)cc2)c1.Cl. The van der Waals surface area contributed by atoms with Crippen LogP contribution in [0.4, 0.5) is 0 Å². The van der Waals surface area contributed by atoms with E-state index in [1.807, 2.05) is 19.1 Å². The van der Waals surface area contributed by atoms with Crippen LogP contribution in [-0.2, 0) is 4.79 Å². The Morgan fingerprint density at radius 2 is 1.68 bits per heavy atom. The summed E-state index contributed by atoms with van der Waals surface area (Å²) in [5, 5.41) is 13.1. The van der Waals surface area contributed by atoms with Crippen molar-refractivity contribution in [1.29, 1.82) is 0 Å². The van der Waals surface area contributed by atoms with Crippen LogP contribution >= 0.6 is 12.4 Å². The molecule has 1 atom stereocenters. The second-order valence-electron chi connectivity index (χ2n) is 6.61. The number of hydrogen-bond donors (Lipinski definition) is 2. The number of benzene rings is 2. The Hall–Kier alpha value is -2.41. The van der Waals surface area contributed by atoms with Crippen molar-refractivity contribution in [2.45, 2.75) is 26.9 Å². The summed E-state index contributed by atoms with van der Waals surface area (Å²) in [5.74, 6) is -1.12. The molecule has 2 aromatic carbocycles. The van der Waals surface area contributed by atoms with Crippen molar-refractivity contribution < 1.29 is 24.2 Å². The minimum absolute atomic E-state index is 0. The second kappa shape index (κ2) is 10.8. The van der Waals surface area contributed by atoms with Crippen molar-refractivity contribution >= 4 is 24.3 Å². The van der Waals surface area contributed by atoms with E-state index in [4.69, 9.17) is 9.47 Å². The maximum atomic E-state index is 12.5. The van der Waals surface area contributed by atoms with Gasteiger partial charge in [-0.3, -0.25) is 4.79 Å². The number of ether oxygens (including phenoxy) is 2. The molecule has 0 fully saturated rings. The molecule has 7 heteroatoms. The normalized spacial score (nSPS) is 11.5. The van der Waals surface area contributed by atoms with E-state index in [-0.39, 0.29) is 29.8 Å². The van der Waals surface area contributed by atoms with E-state index in [2.05, 4.69) is 5.32 Å². The molecule has 2 aromatic rings. The smallest absolute Gasteiger partial charge is 0.343 e. The van der Waals surface area contributed by atoms with Crippen LogP contribution in [-0.4, -0.2) is 30.6 Å². The van der Waals surface area contributed by atoms with Gasteiger partial charge in [-0.05, 0) is 43.8 Å². The van der Waals surface area contributed by atoms with Crippen molar-refractivity contribution in [3.05, 3.63) is 59.2 Å². The molecule has 0 saturated heterocycles. The molecule has 152 valence electrons. The number of aliphatic hydroxyl groups is 1. The largest absolute Gasteiger partial charge is 0.422 e. The Kier molecular flexibility index (Phi) is 9.12. The van der Waals surface area contributed by atoms with Crippen LogP contribution < -0.4 is 14.8 Å². The Bertz CT molecular complexity index is 805. The van der Waals surface area contributed by atoms with Crippen molar-refractivity contribution in [3.8, 4) is 11.5 Å². The molecule has 0 radical (unpaired) electrons. The lowest BCUT2D eigenvalue weighted by atomic mass is 10.1. The third kappa shape index (κ3) is 6.34. The lowest BCUT2D eigenvalue weighted by Gasteiger charge is -2.16. The number of rotatable bonds is 7. The topological polar surface area (TPSA) is 84.9 Å². The summed E-state index contributed by atoms with van der Waals surface area (Å²) in [5.41, 5.74) is 1.94. The van der Waals surface area contributed by atoms with Crippen LogP contribution in [0.15, 0.2) is 42.5 Å². The van der Waals surface area contributed by atoms with Gasteiger partial charge in [0.1, 0.15) is 0 Å². The van der Waals surface area contributed by atoms with Crippen LogP contribution in [0.2, 0.25) is 0 Å². The summed E-state index contributed by atoms with van der Waals surface area (Å²) in [4.78, 5) is 24.4. The first kappa shape index (κ1) is 23.6. The zero-order valence-electron chi connectivity index (χ0n) is 16.4. The molecule has 6 nitrogen and oxygen atoms in total. The molecular weight excluding hydrogens is 382 g/mol. The third-order valence-electron chi connectivity index (χ3n) is 3.92. The lowest BCUT2D eigenvalue weighted by molar-refractivity contribution is -0.137. The summed E-state index contributed by atoms with van der Waals surface area (Å²) in [6, 6.07) is 11.6. The van der Waals surface area contributed by atoms with Gasteiger partial charge in [-0.2, -0.15) is 0 Å². The van der Waals surface area contributed by atoms with E-state index in [1.54, 1.807) is 39.1 Å². The van der Waals surface area contributed by atoms with Crippen LogP contribution in [0, 0.1) is 12.8 Å². The van der Waals surface area contributed by atoms with Gasteiger partial charge in [-0.15, -0.1) is 12.4 Å². The molecule has 28 heavy (non-hydrogen) atoms. The van der Waals surface area contributed by atoms with Gasteiger partial charge in [0.05, 0.1) is 17.6 Å². The maximum absolute atomic E-state index is 12.5. The second-order valence-corrected chi connectivity index (χ2v) is 6.61. The van der Waals surface area contributed by atoms with Crippen molar-refractivity contribution in [2.24, 2.45) is 5.92 Å². The van der Waals surface area contributed by atoms with Gasteiger partial charge in [0.2, 0.25) is 0 Å². The fourth-order valence-electron chi connectivity index (χ4n) is 2.28. The summed E-state index contributed by atoms with van der Waals surface area (Å²) in [6.07, 6.45) is -0.790. The highest BCUT2D eigenvalue weighted by Crippen LogP contribution is 2.32. The number of halogens is 1. The molecular formula is C21H26ClNO5. The van der Waals surface area contributed by atoms with Gasteiger partial charge >= 0.3 is 11.9 Å². The van der Waals surface area contributed by atoms with E-state index in [9.17, 15) is 14.7 Å². The quantitative estimate of drug-likeness (QED) is 0.540. The molecule has 0 aliphatic rings. The number of carbonyl (C=O) groups excluding carboxylic acids is 2. The van der Waals surface area contributed by atoms with Crippen molar-refractivity contribution in [2.75, 3.05) is 13.6 Å². The minimum Gasteiger partial charge on any atom is -0.422 e. The fraction of sp³-hybridized carbons (Fsp3) is 0.333. The van der Waals surface area contributed by atoms with E-state index in [0.717, 1.165) is 5.56 Å². The highest BCUT2D eigenvalue weighted by molar-refractivity contribution is 5.91. The average Bonchev–Trinajstić information content (AvgIpc) is 2.63. The predicted molar refractivity (Wildman–Crippen MR) is 109 cm³/mol. The number of nitrogens with one attached hydrogen (secondary N) is 1. The Morgan fingerprint density at radius 3 is 2.25 bits per heavy atom. The zero-order chi connectivity index (χ0) is 20.0. The van der Waals surface area contributed by atoms with Crippen LogP contribution in [0.5, 0.6) is 11.5 Å². The minimum atomic E-state index is -0.790. The standard InChI is InChI=1S/C21H25NO5.ClH/c1-13(2)20(24)26-18-10-9-16(17(23)12-22-4)11-19(18)27-21(25)15-7-5-14(3)6-8-15;/h5-11,13,17,22-23H,12H2,1-4H3;1H. The molecule has 0 saturated carbocycles. The van der Waals surface area contributed by atoms with E-state index in [1.165, 1.54) is 12.1 Å². The van der Waals surface area contributed by atoms with Crippen molar-refractivity contribution in [1.82, 2.24) is 5.32 Å². The number of aliphatic hydroxyl groups excluding tert-OH is 1. The molecule has 0 aliphatic heterocycles. The Labute approximate surface area is 171 Å².